The SMILES string of the molecule is Cn1c(=O)cc(Nc2ccc(Br)cc2F)c2c(=O)n(CC(O)CO)ccc21.Cn1c(=O)cc(Nc2ccc(I)cc2F)c2c(=O)n(CC(O)CO)ccc21.Cn1c(=O)cc(Nc2ccc(I)cc2F)c2c(=O)n(C[C@@H](O)CO)ccc21.Cn1c(=O)cc(Nc2ccc(I)cc2F)c2c(=O)n(C[C@H](O)CO)ccc21. The summed E-state index contributed by atoms with van der Waals surface area (Å²) in [7, 11) is 6.13. The van der Waals surface area contributed by atoms with Crippen LogP contribution in [0.4, 0.5) is 63.1 Å². The van der Waals surface area contributed by atoms with Crippen molar-refractivity contribution in [2.24, 2.45) is 28.2 Å². The number of aryl methyl sites for hydroxylation is 4. The normalized spacial score (nSPS) is 12.3. The van der Waals surface area contributed by atoms with Gasteiger partial charge in [-0.15, -0.1) is 0 Å². The summed E-state index contributed by atoms with van der Waals surface area (Å²) in [6.07, 6.45) is 1.36. The van der Waals surface area contributed by atoms with Gasteiger partial charge in [0.05, 0.1) is 166 Å². The summed E-state index contributed by atoms with van der Waals surface area (Å²) < 4.78 is 69.8. The Hall–Kier alpha value is -9.21. The number of benzene rings is 4. The molecular formula is C72H68BrF4I3N12O16. The molecule has 4 atom stereocenters. The summed E-state index contributed by atoms with van der Waals surface area (Å²) in [6.45, 7) is -2.39. The Labute approximate surface area is 656 Å². The molecule has 4 aromatic carbocycles. The van der Waals surface area contributed by atoms with E-state index in [4.69, 9.17) is 20.4 Å². The smallest absolute Gasteiger partial charge is 0.262 e. The van der Waals surface area contributed by atoms with E-state index in [1.165, 1.54) is 162 Å². The fourth-order valence-electron chi connectivity index (χ4n) is 11.1. The third kappa shape index (κ3) is 19.3. The minimum atomic E-state index is -1.10. The van der Waals surface area contributed by atoms with Crippen LogP contribution in [0.2, 0.25) is 0 Å². The maximum absolute atomic E-state index is 14.2. The van der Waals surface area contributed by atoms with E-state index in [9.17, 15) is 76.3 Å². The number of halogens is 8. The first-order valence-electron chi connectivity index (χ1n) is 32.2. The van der Waals surface area contributed by atoms with E-state index in [0.717, 1.165) is 0 Å². The Kier molecular flexibility index (Phi) is 27.9. The maximum Gasteiger partial charge on any atom is 0.262 e. The topological polar surface area (TPSA) is 386 Å². The number of nitrogens with zero attached hydrogens (tertiary/aromatic N) is 8. The van der Waals surface area contributed by atoms with Gasteiger partial charge in [0.15, 0.2) is 0 Å². The van der Waals surface area contributed by atoms with Gasteiger partial charge in [-0.3, -0.25) is 38.4 Å². The first-order chi connectivity index (χ1) is 51.2. The molecule has 568 valence electrons. The molecule has 0 amide bonds. The molecule has 0 aliphatic heterocycles. The highest BCUT2D eigenvalue weighted by Crippen LogP contribution is 2.31. The van der Waals surface area contributed by atoms with E-state index >= 15 is 0 Å². The second-order valence-corrected chi connectivity index (χ2v) is 28.9. The zero-order valence-electron chi connectivity index (χ0n) is 57.3. The molecule has 0 spiro atoms. The van der Waals surface area contributed by atoms with Crippen molar-refractivity contribution in [2.75, 3.05) is 47.7 Å². The van der Waals surface area contributed by atoms with Crippen LogP contribution in [0.1, 0.15) is 0 Å². The van der Waals surface area contributed by atoms with Gasteiger partial charge in [0, 0.05) is 92.4 Å². The molecule has 12 rings (SSSR count). The van der Waals surface area contributed by atoms with Crippen LogP contribution in [0.3, 0.4) is 0 Å². The lowest BCUT2D eigenvalue weighted by Gasteiger charge is -2.15. The highest BCUT2D eigenvalue weighted by molar-refractivity contribution is 14.1. The number of hydrogen-bond acceptors (Lipinski definition) is 20. The number of pyridine rings is 8. The van der Waals surface area contributed by atoms with Gasteiger partial charge in [0.2, 0.25) is 0 Å². The van der Waals surface area contributed by atoms with Crippen LogP contribution >= 0.6 is 83.7 Å². The van der Waals surface area contributed by atoms with Gasteiger partial charge in [0.25, 0.3) is 44.5 Å². The summed E-state index contributed by atoms with van der Waals surface area (Å²) in [5.74, 6) is -2.08. The minimum absolute atomic E-state index is 0.106. The van der Waals surface area contributed by atoms with Gasteiger partial charge in [-0.25, -0.2) is 17.6 Å². The second kappa shape index (κ2) is 36.3. The van der Waals surface area contributed by atoms with E-state index < -0.39 is 96.3 Å². The van der Waals surface area contributed by atoms with Crippen molar-refractivity contribution in [3.05, 3.63) is 267 Å². The van der Waals surface area contributed by atoms with E-state index in [-0.39, 0.29) is 115 Å². The standard InChI is InChI=1S/C18H17BrFN3O4.3C18H17FIN3O4/c1-22-15-4-5-23(8-11(25)9-24)18(27)17(15)14(7-16(22)26)21-13-3-2-10(19)6-12(13)20;3*1-22-15-4-5-23(8-11(25)9-24)18(27)17(15)14(7-16(22)26)21-13-3-2-10(20)6-12(13)19/h4*2-7,11,21,24-25H,8-9H2,1H3/t;2*11-;/m.10./s1. The average molecular weight is 1890 g/mol. The molecule has 0 fully saturated rings. The largest absolute Gasteiger partial charge is 0.394 e. The molecule has 0 aliphatic rings. The third-order valence-corrected chi connectivity index (χ3v) is 19.3. The van der Waals surface area contributed by atoms with Gasteiger partial charge in [-0.1, -0.05) is 15.9 Å². The van der Waals surface area contributed by atoms with Gasteiger partial charge >= 0.3 is 0 Å². The van der Waals surface area contributed by atoms with Gasteiger partial charge < -0.3 is 98.7 Å². The summed E-state index contributed by atoms with van der Waals surface area (Å²) in [5.41, 5.74) is -0.656. The van der Waals surface area contributed by atoms with E-state index in [2.05, 4.69) is 37.2 Å². The quantitative estimate of drug-likeness (QED) is 0.0293. The van der Waals surface area contributed by atoms with Crippen LogP contribution in [0.5, 0.6) is 0 Å². The number of aliphatic hydroxyl groups is 8. The van der Waals surface area contributed by atoms with Crippen molar-refractivity contribution < 1.29 is 58.4 Å². The summed E-state index contributed by atoms with van der Waals surface area (Å²) in [6, 6.07) is 29.2. The molecule has 0 aliphatic carbocycles. The molecule has 12 N–H and O–H groups in total. The number of anilines is 8. The lowest BCUT2D eigenvalue weighted by atomic mass is 10.2. The Bertz CT molecular complexity index is 5220. The highest BCUT2D eigenvalue weighted by Gasteiger charge is 2.22. The van der Waals surface area contributed by atoms with Crippen LogP contribution < -0.4 is 65.7 Å². The van der Waals surface area contributed by atoms with Crippen LogP contribution in [-0.2, 0) is 54.4 Å². The zero-order valence-corrected chi connectivity index (χ0v) is 65.3. The number of aromatic nitrogens is 8. The van der Waals surface area contributed by atoms with E-state index in [0.29, 0.717) is 37.3 Å². The molecule has 8 heterocycles. The van der Waals surface area contributed by atoms with Crippen molar-refractivity contribution in [1.29, 1.82) is 0 Å². The molecule has 8 aromatic heterocycles. The lowest BCUT2D eigenvalue weighted by molar-refractivity contribution is 0.0805. The first kappa shape index (κ1) is 82.8. The van der Waals surface area contributed by atoms with Gasteiger partial charge in [-0.2, -0.15) is 0 Å². The van der Waals surface area contributed by atoms with Crippen LogP contribution in [0, 0.1) is 34.0 Å². The van der Waals surface area contributed by atoms with Crippen molar-refractivity contribution in [1.82, 2.24) is 36.5 Å². The van der Waals surface area contributed by atoms with Crippen LogP contribution in [-0.4, -0.2) is 128 Å². The Morgan fingerprint density at radius 3 is 0.750 bits per heavy atom. The van der Waals surface area contributed by atoms with Crippen molar-refractivity contribution in [2.45, 2.75) is 50.6 Å². The first-order valence-corrected chi connectivity index (χ1v) is 36.3. The molecular weight excluding hydrogens is 1830 g/mol. The highest BCUT2D eigenvalue weighted by atomic mass is 127. The number of hydrogen-bond donors (Lipinski definition) is 12. The van der Waals surface area contributed by atoms with Crippen molar-refractivity contribution in [3.8, 4) is 0 Å². The minimum Gasteiger partial charge on any atom is -0.394 e. The predicted molar refractivity (Wildman–Crippen MR) is 431 cm³/mol. The fraction of sp³-hybridized carbons (Fsp3) is 0.222. The van der Waals surface area contributed by atoms with E-state index in [1.54, 1.807) is 48.5 Å². The number of rotatable bonds is 20. The van der Waals surface area contributed by atoms with Crippen LogP contribution in [0.15, 0.2) is 189 Å². The molecule has 2 unspecified atom stereocenters. The molecule has 0 radical (unpaired) electrons. The monoisotopic (exact) mass is 1890 g/mol. The fourth-order valence-corrected chi connectivity index (χ4v) is 12.8. The van der Waals surface area contributed by atoms with Crippen LogP contribution in [0.25, 0.3) is 43.6 Å². The van der Waals surface area contributed by atoms with Gasteiger partial charge in [-0.05, 0) is 165 Å². The molecule has 12 aromatic rings. The predicted octanol–water partition coefficient (Wildman–Crippen LogP) is 6.32. The zero-order chi connectivity index (χ0) is 78.9. The molecule has 0 bridgehead atoms. The maximum atomic E-state index is 14.2. The molecule has 36 heteroatoms. The average Bonchev–Trinajstić information content (AvgIpc) is 0.783. The molecule has 28 nitrogen and oxygen atoms in total. The number of nitrogens with one attached hydrogen (secondary N) is 4. The third-order valence-electron chi connectivity index (χ3n) is 16.8. The second-order valence-electron chi connectivity index (χ2n) is 24.3. The van der Waals surface area contributed by atoms with Crippen molar-refractivity contribution in [3.63, 3.8) is 0 Å². The lowest BCUT2D eigenvalue weighted by Crippen LogP contribution is -2.30. The Morgan fingerprint density at radius 2 is 0.546 bits per heavy atom. The molecule has 0 saturated carbocycles. The summed E-state index contributed by atoms with van der Waals surface area (Å²) >= 11 is 9.12. The Morgan fingerprint density at radius 1 is 0.333 bits per heavy atom. The summed E-state index contributed by atoms with van der Waals surface area (Å²) in [4.78, 5) is 101. The Balaban J connectivity index is 0.000000166. The number of fused-ring (bicyclic) bond motifs is 4. The number of aliphatic hydroxyl groups excluding tert-OH is 8. The van der Waals surface area contributed by atoms with E-state index in [1.807, 2.05) is 67.8 Å². The molecule has 0 saturated heterocycles. The van der Waals surface area contributed by atoms with Gasteiger partial charge in [0.1, 0.15) is 23.3 Å². The van der Waals surface area contributed by atoms with Crippen molar-refractivity contribution >= 4 is 173 Å². The summed E-state index contributed by atoms with van der Waals surface area (Å²) in [5, 5.41) is 86.7. The molecule has 108 heavy (non-hydrogen) atoms.